The van der Waals surface area contributed by atoms with E-state index in [1.807, 2.05) is 6.07 Å². The summed E-state index contributed by atoms with van der Waals surface area (Å²) in [5, 5.41) is 4.75. The van der Waals surface area contributed by atoms with E-state index in [1.165, 1.54) is 41.8 Å². The molecule has 2 aliphatic rings. The summed E-state index contributed by atoms with van der Waals surface area (Å²) >= 11 is 0. The van der Waals surface area contributed by atoms with Gasteiger partial charge in [-0.05, 0) is 57.2 Å². The summed E-state index contributed by atoms with van der Waals surface area (Å²) in [7, 11) is 2.30. The molecule has 2 aliphatic carbocycles. The third-order valence-electron chi connectivity index (χ3n) is 5.55. The highest BCUT2D eigenvalue weighted by Gasteiger charge is 2.34. The van der Waals surface area contributed by atoms with Crippen LogP contribution in [0.4, 0.5) is 0 Å². The number of rotatable bonds is 6. The lowest BCUT2D eigenvalue weighted by Gasteiger charge is -2.31. The molecule has 4 nitrogen and oxygen atoms in total. The monoisotopic (exact) mass is 325 g/mol. The van der Waals surface area contributed by atoms with Crippen molar-refractivity contribution in [3.63, 3.8) is 0 Å². The van der Waals surface area contributed by atoms with Crippen LogP contribution in [0.2, 0.25) is 0 Å². The number of hydrogen-bond acceptors (Lipinski definition) is 3. The van der Waals surface area contributed by atoms with Gasteiger partial charge < -0.3 is 9.64 Å². The normalized spacial score (nSPS) is 20.4. The molecule has 0 radical (unpaired) electrons. The molecule has 1 atom stereocenters. The van der Waals surface area contributed by atoms with Crippen LogP contribution in [0.15, 0.2) is 30.3 Å². The van der Waals surface area contributed by atoms with Gasteiger partial charge in [0.2, 0.25) is 0 Å². The van der Waals surface area contributed by atoms with Crippen LogP contribution in [0, 0.1) is 6.92 Å². The highest BCUT2D eigenvalue weighted by Crippen LogP contribution is 2.33. The summed E-state index contributed by atoms with van der Waals surface area (Å²) in [6.07, 6.45) is 6.26. The van der Waals surface area contributed by atoms with Crippen LogP contribution in [-0.2, 0) is 30.9 Å². The van der Waals surface area contributed by atoms with Crippen LogP contribution in [0.1, 0.15) is 41.8 Å². The Morgan fingerprint density at radius 3 is 2.71 bits per heavy atom. The second kappa shape index (κ2) is 6.69. The van der Waals surface area contributed by atoms with Crippen molar-refractivity contribution in [3.8, 4) is 0 Å². The molecule has 1 heterocycles. The average molecular weight is 325 g/mol. The van der Waals surface area contributed by atoms with Gasteiger partial charge in [0, 0.05) is 17.8 Å². The van der Waals surface area contributed by atoms with E-state index >= 15 is 0 Å². The SMILES string of the molecule is Cc1nn(COCc2ccccc2)c2c1CC(N(C)C1CC1)CC2. The lowest BCUT2D eigenvalue weighted by Crippen LogP contribution is -2.38. The van der Waals surface area contributed by atoms with Crippen LogP contribution in [0.5, 0.6) is 0 Å². The van der Waals surface area contributed by atoms with E-state index in [9.17, 15) is 0 Å². The van der Waals surface area contributed by atoms with Gasteiger partial charge in [-0.15, -0.1) is 0 Å². The Labute approximate surface area is 144 Å². The average Bonchev–Trinajstić information content (AvgIpc) is 3.41. The van der Waals surface area contributed by atoms with E-state index < -0.39 is 0 Å². The molecule has 1 saturated carbocycles. The Balaban J connectivity index is 1.40. The molecule has 0 N–H and O–H groups in total. The molecule has 24 heavy (non-hydrogen) atoms. The zero-order chi connectivity index (χ0) is 16.5. The van der Waals surface area contributed by atoms with Gasteiger partial charge in [-0.2, -0.15) is 5.10 Å². The van der Waals surface area contributed by atoms with Gasteiger partial charge in [0.1, 0.15) is 6.73 Å². The van der Waals surface area contributed by atoms with Crippen LogP contribution < -0.4 is 0 Å². The molecule has 1 fully saturated rings. The predicted molar refractivity (Wildman–Crippen MR) is 94.8 cm³/mol. The molecule has 4 heteroatoms. The van der Waals surface area contributed by atoms with E-state index in [2.05, 4.69) is 47.8 Å². The van der Waals surface area contributed by atoms with Crippen molar-refractivity contribution >= 4 is 0 Å². The molecule has 0 bridgehead atoms. The predicted octanol–water partition coefficient (Wildman–Crippen LogP) is 3.32. The van der Waals surface area contributed by atoms with Crippen molar-refractivity contribution < 1.29 is 4.74 Å². The number of aromatic nitrogens is 2. The van der Waals surface area contributed by atoms with Gasteiger partial charge in [0.05, 0.1) is 12.3 Å². The van der Waals surface area contributed by atoms with Crippen molar-refractivity contribution in [3.05, 3.63) is 52.8 Å². The summed E-state index contributed by atoms with van der Waals surface area (Å²) in [5.41, 5.74) is 5.24. The molecule has 1 unspecified atom stereocenters. The minimum atomic E-state index is 0.550. The fourth-order valence-corrected chi connectivity index (χ4v) is 3.91. The van der Waals surface area contributed by atoms with E-state index in [0.29, 0.717) is 19.4 Å². The maximum Gasteiger partial charge on any atom is 0.140 e. The quantitative estimate of drug-likeness (QED) is 0.816. The van der Waals surface area contributed by atoms with Gasteiger partial charge in [-0.1, -0.05) is 30.3 Å². The fraction of sp³-hybridized carbons (Fsp3) is 0.550. The molecule has 4 rings (SSSR count). The summed E-state index contributed by atoms with van der Waals surface area (Å²) in [6, 6.07) is 11.9. The number of fused-ring (bicyclic) bond motifs is 1. The van der Waals surface area contributed by atoms with Crippen LogP contribution in [0.25, 0.3) is 0 Å². The maximum absolute atomic E-state index is 5.90. The van der Waals surface area contributed by atoms with Gasteiger partial charge in [0.15, 0.2) is 0 Å². The van der Waals surface area contributed by atoms with Crippen LogP contribution >= 0.6 is 0 Å². The largest absolute Gasteiger partial charge is 0.355 e. The fourth-order valence-electron chi connectivity index (χ4n) is 3.91. The zero-order valence-electron chi connectivity index (χ0n) is 14.7. The van der Waals surface area contributed by atoms with Crippen molar-refractivity contribution in [1.29, 1.82) is 0 Å². The van der Waals surface area contributed by atoms with Gasteiger partial charge in [-0.25, -0.2) is 4.68 Å². The Morgan fingerprint density at radius 2 is 1.96 bits per heavy atom. The highest BCUT2D eigenvalue weighted by atomic mass is 16.5. The summed E-state index contributed by atoms with van der Waals surface area (Å²) < 4.78 is 7.98. The molecule has 0 aliphatic heterocycles. The first kappa shape index (κ1) is 15.9. The third kappa shape index (κ3) is 3.26. The number of nitrogens with zero attached hydrogens (tertiary/aromatic N) is 3. The summed E-state index contributed by atoms with van der Waals surface area (Å²) in [5.74, 6) is 0. The van der Waals surface area contributed by atoms with Crippen molar-refractivity contribution in [2.75, 3.05) is 7.05 Å². The topological polar surface area (TPSA) is 30.3 Å². The molecule has 0 amide bonds. The smallest absolute Gasteiger partial charge is 0.140 e. The number of aryl methyl sites for hydroxylation is 1. The molecule has 0 spiro atoms. The molecule has 1 aromatic carbocycles. The lowest BCUT2D eigenvalue weighted by molar-refractivity contribution is 0.0534. The highest BCUT2D eigenvalue weighted by molar-refractivity contribution is 5.29. The van der Waals surface area contributed by atoms with Gasteiger partial charge in [0.25, 0.3) is 0 Å². The van der Waals surface area contributed by atoms with Crippen molar-refractivity contribution in [2.45, 2.75) is 64.4 Å². The van der Waals surface area contributed by atoms with Gasteiger partial charge in [-0.3, -0.25) is 0 Å². The Hall–Kier alpha value is -1.65. The molecule has 1 aromatic heterocycles. The Bertz CT molecular complexity index is 690. The second-order valence-electron chi connectivity index (χ2n) is 7.27. The van der Waals surface area contributed by atoms with E-state index in [0.717, 1.165) is 18.9 Å². The summed E-state index contributed by atoms with van der Waals surface area (Å²) in [6.45, 7) is 3.34. The zero-order valence-corrected chi connectivity index (χ0v) is 14.7. The maximum atomic E-state index is 5.90. The molecule has 128 valence electrons. The molecular formula is C20H27N3O. The first-order chi connectivity index (χ1) is 11.7. The first-order valence-electron chi connectivity index (χ1n) is 9.11. The number of ether oxygens (including phenoxy) is 1. The first-order valence-corrected chi connectivity index (χ1v) is 9.11. The van der Waals surface area contributed by atoms with E-state index in [-0.39, 0.29) is 0 Å². The van der Waals surface area contributed by atoms with Crippen LogP contribution in [-0.4, -0.2) is 33.8 Å². The Morgan fingerprint density at radius 1 is 1.17 bits per heavy atom. The Kier molecular flexibility index (Phi) is 4.42. The number of hydrogen-bond donors (Lipinski definition) is 0. The molecule has 0 saturated heterocycles. The number of benzene rings is 1. The van der Waals surface area contributed by atoms with Crippen molar-refractivity contribution in [2.24, 2.45) is 0 Å². The van der Waals surface area contributed by atoms with E-state index in [4.69, 9.17) is 9.84 Å². The minimum absolute atomic E-state index is 0.550. The molecule has 2 aromatic rings. The molecular weight excluding hydrogens is 298 g/mol. The van der Waals surface area contributed by atoms with Gasteiger partial charge >= 0.3 is 0 Å². The minimum Gasteiger partial charge on any atom is -0.355 e. The third-order valence-corrected chi connectivity index (χ3v) is 5.55. The van der Waals surface area contributed by atoms with Crippen molar-refractivity contribution in [1.82, 2.24) is 14.7 Å². The van der Waals surface area contributed by atoms with E-state index in [1.54, 1.807) is 0 Å². The lowest BCUT2D eigenvalue weighted by atomic mass is 9.90. The standard InChI is InChI=1S/C20H27N3O/c1-15-19-12-18(22(2)17-8-9-17)10-11-20(19)23(21-15)14-24-13-16-6-4-3-5-7-16/h3-7,17-18H,8-14H2,1-2H3. The number of likely N-dealkylation sites (N-methyl/N-ethyl adjacent to an activating group) is 1. The van der Waals surface area contributed by atoms with Crippen LogP contribution in [0.3, 0.4) is 0 Å². The second-order valence-corrected chi connectivity index (χ2v) is 7.27. The summed E-state index contributed by atoms with van der Waals surface area (Å²) in [4.78, 5) is 2.60.